The summed E-state index contributed by atoms with van der Waals surface area (Å²) in [6.45, 7) is 6.39. The van der Waals surface area contributed by atoms with Gasteiger partial charge < -0.3 is 14.7 Å². The van der Waals surface area contributed by atoms with E-state index < -0.39 is 11.7 Å². The van der Waals surface area contributed by atoms with Crippen molar-refractivity contribution in [3.63, 3.8) is 0 Å². The molecule has 2 atom stereocenters. The molecule has 0 bridgehead atoms. The number of nitrogens with zero attached hydrogens (tertiary/aromatic N) is 1. The molecular formula is C17H24NO3. The molecule has 1 aliphatic heterocycles. The van der Waals surface area contributed by atoms with Gasteiger partial charge in [-0.3, -0.25) is 0 Å². The summed E-state index contributed by atoms with van der Waals surface area (Å²) < 4.78 is 5.34. The zero-order valence-electron chi connectivity index (χ0n) is 13.0. The van der Waals surface area contributed by atoms with Gasteiger partial charge in [-0.2, -0.15) is 0 Å². The zero-order valence-corrected chi connectivity index (χ0v) is 13.0. The highest BCUT2D eigenvalue weighted by Gasteiger charge is 2.35. The number of likely N-dealkylation sites (tertiary alicyclic amines) is 1. The van der Waals surface area contributed by atoms with Crippen LogP contribution in [0.25, 0.3) is 0 Å². The Balaban J connectivity index is 1.85. The molecule has 1 fully saturated rings. The third-order valence-corrected chi connectivity index (χ3v) is 3.48. The lowest BCUT2D eigenvalue weighted by atomic mass is 9.97. The van der Waals surface area contributed by atoms with E-state index in [1.807, 2.05) is 39.0 Å². The molecule has 0 unspecified atom stereocenters. The first kappa shape index (κ1) is 15.8. The minimum absolute atomic E-state index is 0.00211. The Morgan fingerprint density at radius 1 is 1.33 bits per heavy atom. The van der Waals surface area contributed by atoms with E-state index in [0.29, 0.717) is 13.1 Å². The fraction of sp³-hybridized carbons (Fsp3) is 0.529. The summed E-state index contributed by atoms with van der Waals surface area (Å²) in [7, 11) is 0. The van der Waals surface area contributed by atoms with Gasteiger partial charge in [0.25, 0.3) is 0 Å². The molecule has 4 heteroatoms. The molecule has 1 aromatic rings. The molecule has 1 saturated heterocycles. The van der Waals surface area contributed by atoms with Crippen LogP contribution in [-0.4, -0.2) is 40.9 Å². The second-order valence-electron chi connectivity index (χ2n) is 6.54. The summed E-state index contributed by atoms with van der Waals surface area (Å²) in [5, 5.41) is 10.1. The van der Waals surface area contributed by atoms with Crippen LogP contribution in [0.2, 0.25) is 0 Å². The minimum Gasteiger partial charge on any atom is -0.444 e. The normalized spacial score (nSPS) is 22.4. The maximum atomic E-state index is 12.0. The van der Waals surface area contributed by atoms with E-state index in [1.165, 1.54) is 5.56 Å². The van der Waals surface area contributed by atoms with Gasteiger partial charge in [-0.1, -0.05) is 30.3 Å². The van der Waals surface area contributed by atoms with Crippen LogP contribution in [-0.2, 0) is 11.2 Å². The van der Waals surface area contributed by atoms with Gasteiger partial charge in [0, 0.05) is 12.5 Å². The molecule has 0 aliphatic carbocycles. The number of rotatable bonds is 3. The second-order valence-corrected chi connectivity index (χ2v) is 6.54. The summed E-state index contributed by atoms with van der Waals surface area (Å²) >= 11 is 0. The molecule has 1 N–H and O–H groups in total. The Kier molecular flexibility index (Phi) is 4.88. The second kappa shape index (κ2) is 6.48. The number of hydrogen-bond donors (Lipinski definition) is 1. The van der Waals surface area contributed by atoms with E-state index >= 15 is 0 Å². The summed E-state index contributed by atoms with van der Waals surface area (Å²) in [5.41, 5.74) is 0.703. The van der Waals surface area contributed by atoms with Crippen molar-refractivity contribution < 1.29 is 14.6 Å². The van der Waals surface area contributed by atoms with E-state index in [9.17, 15) is 9.90 Å². The lowest BCUT2D eigenvalue weighted by molar-refractivity contribution is 0.0270. The first-order valence-corrected chi connectivity index (χ1v) is 7.38. The van der Waals surface area contributed by atoms with E-state index in [2.05, 4.69) is 18.6 Å². The number of aliphatic hydroxyl groups excluding tert-OH is 1. The fourth-order valence-corrected chi connectivity index (χ4v) is 2.42. The predicted molar refractivity (Wildman–Crippen MR) is 81.7 cm³/mol. The molecule has 1 heterocycles. The molecule has 0 spiro atoms. The monoisotopic (exact) mass is 290 g/mol. The van der Waals surface area contributed by atoms with Gasteiger partial charge in [-0.05, 0) is 39.2 Å². The molecule has 115 valence electrons. The Morgan fingerprint density at radius 2 is 2.00 bits per heavy atom. The van der Waals surface area contributed by atoms with E-state index in [4.69, 9.17) is 4.74 Å². The standard InChI is InChI=1S/C17H24NO3/c1-17(2,3)21-16(20)18-11-14(15(19)12-18)10-9-13-7-5-4-6-8-13/h4-8,10,14-15,19H,9,11-12H2,1-3H3/t14-,15-/m0/s1. The quantitative estimate of drug-likeness (QED) is 0.931. The van der Waals surface area contributed by atoms with Gasteiger partial charge in [-0.25, -0.2) is 4.79 Å². The number of hydrogen-bond acceptors (Lipinski definition) is 3. The average Bonchev–Trinajstić information content (AvgIpc) is 2.77. The Labute approximate surface area is 126 Å². The Hall–Kier alpha value is -1.55. The maximum Gasteiger partial charge on any atom is 0.410 e. The molecule has 1 aliphatic rings. The maximum absolute atomic E-state index is 12.0. The SMILES string of the molecule is CC(C)(C)OC(=O)N1C[C@H](O)[C@@H]([CH]Cc2ccccc2)C1. The van der Waals surface area contributed by atoms with Crippen molar-refractivity contribution in [1.29, 1.82) is 0 Å². The lowest BCUT2D eigenvalue weighted by Crippen LogP contribution is -2.35. The van der Waals surface area contributed by atoms with Crippen molar-refractivity contribution in [3.8, 4) is 0 Å². The molecule has 1 amide bonds. The van der Waals surface area contributed by atoms with Gasteiger partial charge in [-0.15, -0.1) is 0 Å². The van der Waals surface area contributed by atoms with Gasteiger partial charge in [0.05, 0.1) is 12.6 Å². The Morgan fingerprint density at radius 3 is 2.62 bits per heavy atom. The fourth-order valence-electron chi connectivity index (χ4n) is 2.42. The number of β-amino-alcohol motifs (C(OH)–C–C–N with tert-alkyl or cyclic N) is 1. The number of carbonyl (C=O) groups is 1. The first-order valence-electron chi connectivity index (χ1n) is 7.38. The van der Waals surface area contributed by atoms with Crippen LogP contribution in [0.5, 0.6) is 0 Å². The molecule has 0 saturated carbocycles. The summed E-state index contributed by atoms with van der Waals surface area (Å²) in [5.74, 6) is -0.00211. The highest BCUT2D eigenvalue weighted by molar-refractivity contribution is 5.68. The Bertz CT molecular complexity index is 467. The molecule has 0 aromatic heterocycles. The van der Waals surface area contributed by atoms with E-state index in [0.717, 1.165) is 6.42 Å². The largest absolute Gasteiger partial charge is 0.444 e. The third kappa shape index (κ3) is 4.74. The molecule has 4 nitrogen and oxygen atoms in total. The van der Waals surface area contributed by atoms with Crippen LogP contribution < -0.4 is 0 Å². The van der Waals surface area contributed by atoms with Gasteiger partial charge in [0.2, 0.25) is 0 Å². The highest BCUT2D eigenvalue weighted by Crippen LogP contribution is 2.23. The molecule has 21 heavy (non-hydrogen) atoms. The zero-order chi connectivity index (χ0) is 15.5. The topological polar surface area (TPSA) is 49.8 Å². The molecular weight excluding hydrogens is 266 g/mol. The summed E-state index contributed by atoms with van der Waals surface area (Å²) in [4.78, 5) is 13.6. The summed E-state index contributed by atoms with van der Waals surface area (Å²) in [6, 6.07) is 10.1. The number of amides is 1. The molecule has 1 radical (unpaired) electrons. The summed E-state index contributed by atoms with van der Waals surface area (Å²) in [6.07, 6.45) is 2.02. The van der Waals surface area contributed by atoms with Crippen LogP contribution in [0.4, 0.5) is 4.79 Å². The van der Waals surface area contributed by atoms with Gasteiger partial charge in [0.15, 0.2) is 0 Å². The van der Waals surface area contributed by atoms with Crippen molar-refractivity contribution in [2.24, 2.45) is 5.92 Å². The number of benzene rings is 1. The van der Waals surface area contributed by atoms with Crippen LogP contribution in [0.15, 0.2) is 30.3 Å². The number of carbonyl (C=O) groups excluding carboxylic acids is 1. The predicted octanol–water partition coefficient (Wildman–Crippen LogP) is 2.66. The van der Waals surface area contributed by atoms with Crippen molar-refractivity contribution in [3.05, 3.63) is 42.3 Å². The third-order valence-electron chi connectivity index (χ3n) is 3.48. The smallest absolute Gasteiger partial charge is 0.410 e. The van der Waals surface area contributed by atoms with Crippen LogP contribution in [0.1, 0.15) is 26.3 Å². The van der Waals surface area contributed by atoms with Crippen LogP contribution in [0, 0.1) is 12.3 Å². The van der Waals surface area contributed by atoms with Gasteiger partial charge >= 0.3 is 6.09 Å². The van der Waals surface area contributed by atoms with Crippen molar-refractivity contribution in [2.45, 2.75) is 38.9 Å². The highest BCUT2D eigenvalue weighted by atomic mass is 16.6. The minimum atomic E-state index is -0.513. The first-order chi connectivity index (χ1) is 9.85. The van der Waals surface area contributed by atoms with Crippen LogP contribution >= 0.6 is 0 Å². The van der Waals surface area contributed by atoms with Crippen molar-refractivity contribution >= 4 is 6.09 Å². The lowest BCUT2D eigenvalue weighted by Gasteiger charge is -2.24. The van der Waals surface area contributed by atoms with Crippen molar-refractivity contribution in [1.82, 2.24) is 4.90 Å². The van der Waals surface area contributed by atoms with E-state index in [-0.39, 0.29) is 12.0 Å². The van der Waals surface area contributed by atoms with Crippen molar-refractivity contribution in [2.75, 3.05) is 13.1 Å². The number of ether oxygens (including phenoxy) is 1. The molecule has 2 rings (SSSR count). The van der Waals surface area contributed by atoms with E-state index in [1.54, 1.807) is 4.90 Å². The van der Waals surface area contributed by atoms with Crippen LogP contribution in [0.3, 0.4) is 0 Å². The van der Waals surface area contributed by atoms with Gasteiger partial charge in [0.1, 0.15) is 5.60 Å². The average molecular weight is 290 g/mol. The number of aliphatic hydroxyl groups is 1. The molecule has 1 aromatic carbocycles.